The standard InChI is InChI=1S/C7H11O10P/c8-1-2(9)5-6(16-7(11)15-5)3(10)4(1)17-18(12,13)14/h1-6,8-10H,(H2,12,13,14)/t1-,2+,3+,4-,5-,6-/m1/s1. The first-order valence-electron chi connectivity index (χ1n) is 4.86. The summed E-state index contributed by atoms with van der Waals surface area (Å²) in [4.78, 5) is 28.1. The Hall–Kier alpha value is -0.740. The monoisotopic (exact) mass is 286 g/mol. The van der Waals surface area contributed by atoms with Gasteiger partial charge in [0.2, 0.25) is 0 Å². The minimum Gasteiger partial charge on any atom is -0.424 e. The summed E-state index contributed by atoms with van der Waals surface area (Å²) >= 11 is 0. The molecule has 1 aliphatic carbocycles. The molecular weight excluding hydrogens is 275 g/mol. The molecule has 18 heavy (non-hydrogen) atoms. The summed E-state index contributed by atoms with van der Waals surface area (Å²) in [5.41, 5.74) is 0. The van der Waals surface area contributed by atoms with Gasteiger partial charge in [0.05, 0.1) is 0 Å². The fourth-order valence-electron chi connectivity index (χ4n) is 1.97. The molecule has 0 aromatic heterocycles. The van der Waals surface area contributed by atoms with Crippen LogP contribution in [0, 0.1) is 0 Å². The van der Waals surface area contributed by atoms with E-state index < -0.39 is 50.6 Å². The second kappa shape index (κ2) is 4.42. The first kappa shape index (κ1) is 13.7. The van der Waals surface area contributed by atoms with E-state index in [1.807, 2.05) is 0 Å². The molecule has 1 saturated heterocycles. The van der Waals surface area contributed by atoms with Gasteiger partial charge in [-0.15, -0.1) is 0 Å². The molecule has 0 unspecified atom stereocenters. The van der Waals surface area contributed by atoms with Crippen molar-refractivity contribution >= 4 is 14.0 Å². The number of carbonyl (C=O) groups excluding carboxylic acids is 1. The van der Waals surface area contributed by atoms with E-state index in [1.54, 1.807) is 0 Å². The SMILES string of the molecule is O=C1O[C@@H]2[C@@H](O)[C@@H](O)[C@@H](OP(=O)(O)O)[C@H](O)[C@H]2O1. The molecule has 0 amide bonds. The fourth-order valence-corrected chi connectivity index (χ4v) is 2.54. The van der Waals surface area contributed by atoms with Gasteiger partial charge >= 0.3 is 14.0 Å². The van der Waals surface area contributed by atoms with Crippen molar-refractivity contribution in [2.24, 2.45) is 0 Å². The van der Waals surface area contributed by atoms with Crippen molar-refractivity contribution in [3.63, 3.8) is 0 Å². The molecule has 0 radical (unpaired) electrons. The third kappa shape index (κ3) is 2.36. The zero-order valence-corrected chi connectivity index (χ0v) is 9.58. The molecule has 6 atom stereocenters. The average molecular weight is 286 g/mol. The van der Waals surface area contributed by atoms with Crippen molar-refractivity contribution in [2.45, 2.75) is 36.6 Å². The first-order valence-corrected chi connectivity index (χ1v) is 6.39. The molecule has 10 nitrogen and oxygen atoms in total. The van der Waals surface area contributed by atoms with Gasteiger partial charge in [-0.1, -0.05) is 0 Å². The van der Waals surface area contributed by atoms with Gasteiger partial charge in [0, 0.05) is 0 Å². The molecule has 104 valence electrons. The molecule has 0 aromatic rings. The van der Waals surface area contributed by atoms with Gasteiger partial charge in [-0.05, 0) is 0 Å². The Morgan fingerprint density at radius 1 is 1.00 bits per heavy atom. The maximum absolute atomic E-state index is 10.9. The van der Waals surface area contributed by atoms with Gasteiger partial charge in [0.1, 0.15) is 24.4 Å². The van der Waals surface area contributed by atoms with Crippen molar-refractivity contribution in [2.75, 3.05) is 0 Å². The number of carbonyl (C=O) groups is 1. The van der Waals surface area contributed by atoms with Crippen LogP contribution in [0.4, 0.5) is 4.79 Å². The second-order valence-electron chi connectivity index (χ2n) is 3.95. The lowest BCUT2D eigenvalue weighted by molar-refractivity contribution is -0.188. The van der Waals surface area contributed by atoms with Gasteiger partial charge < -0.3 is 34.6 Å². The van der Waals surface area contributed by atoms with Crippen molar-refractivity contribution in [1.29, 1.82) is 0 Å². The molecule has 2 aliphatic rings. The number of ether oxygens (including phenoxy) is 2. The van der Waals surface area contributed by atoms with E-state index in [2.05, 4.69) is 14.0 Å². The largest absolute Gasteiger partial charge is 0.509 e. The molecule has 0 aromatic carbocycles. The van der Waals surface area contributed by atoms with Gasteiger partial charge in [-0.25, -0.2) is 9.36 Å². The van der Waals surface area contributed by atoms with E-state index >= 15 is 0 Å². The minimum atomic E-state index is -5.00. The van der Waals surface area contributed by atoms with E-state index in [1.165, 1.54) is 0 Å². The number of aliphatic hydroxyl groups is 3. The Balaban J connectivity index is 2.22. The van der Waals surface area contributed by atoms with E-state index in [-0.39, 0.29) is 0 Å². The minimum absolute atomic E-state index is 1.16. The Bertz CT molecular complexity index is 392. The highest BCUT2D eigenvalue weighted by Crippen LogP contribution is 2.42. The number of phosphoric acid groups is 1. The predicted molar refractivity (Wildman–Crippen MR) is 50.1 cm³/mol. The Kier molecular flexibility index (Phi) is 3.36. The molecule has 5 N–H and O–H groups in total. The molecule has 11 heteroatoms. The normalized spacial score (nSPS) is 44.2. The highest BCUT2D eigenvalue weighted by atomic mass is 31.2. The summed E-state index contributed by atoms with van der Waals surface area (Å²) in [5, 5.41) is 28.9. The molecule has 1 aliphatic heterocycles. The molecule has 1 saturated carbocycles. The molecule has 1 heterocycles. The van der Waals surface area contributed by atoms with Crippen LogP contribution in [0.5, 0.6) is 0 Å². The van der Waals surface area contributed by atoms with Crippen LogP contribution in [0.1, 0.15) is 0 Å². The van der Waals surface area contributed by atoms with Crippen LogP contribution in [-0.4, -0.2) is 67.9 Å². The topological polar surface area (TPSA) is 163 Å². The number of phosphoric ester groups is 1. The lowest BCUT2D eigenvalue weighted by atomic mass is 9.85. The average Bonchev–Trinajstić information content (AvgIpc) is 2.62. The summed E-state index contributed by atoms with van der Waals surface area (Å²) in [5.74, 6) is 0. The molecule has 2 fully saturated rings. The smallest absolute Gasteiger partial charge is 0.424 e. The van der Waals surface area contributed by atoms with Gasteiger partial charge in [0.15, 0.2) is 12.2 Å². The van der Waals surface area contributed by atoms with Gasteiger partial charge in [0.25, 0.3) is 0 Å². The zero-order valence-electron chi connectivity index (χ0n) is 8.69. The quantitative estimate of drug-likeness (QED) is 0.270. The van der Waals surface area contributed by atoms with E-state index in [0.29, 0.717) is 0 Å². The predicted octanol–water partition coefficient (Wildman–Crippen LogP) is -2.54. The van der Waals surface area contributed by atoms with Crippen LogP contribution >= 0.6 is 7.82 Å². The lowest BCUT2D eigenvalue weighted by Gasteiger charge is -2.39. The maximum Gasteiger partial charge on any atom is 0.509 e. The Morgan fingerprint density at radius 2 is 1.50 bits per heavy atom. The third-order valence-electron chi connectivity index (χ3n) is 2.74. The number of fused-ring (bicyclic) bond motifs is 1. The van der Waals surface area contributed by atoms with Crippen LogP contribution in [-0.2, 0) is 18.6 Å². The number of aliphatic hydroxyl groups excluding tert-OH is 3. The molecular formula is C7H11O10P. The van der Waals surface area contributed by atoms with Crippen LogP contribution < -0.4 is 0 Å². The van der Waals surface area contributed by atoms with E-state index in [0.717, 1.165) is 0 Å². The van der Waals surface area contributed by atoms with Gasteiger partial charge in [-0.2, -0.15) is 0 Å². The molecule has 2 rings (SSSR count). The highest BCUT2D eigenvalue weighted by Gasteiger charge is 2.58. The number of hydrogen-bond donors (Lipinski definition) is 5. The van der Waals surface area contributed by atoms with Gasteiger partial charge in [-0.3, -0.25) is 4.52 Å². The van der Waals surface area contributed by atoms with Crippen molar-refractivity contribution in [1.82, 2.24) is 0 Å². The summed E-state index contributed by atoms with van der Waals surface area (Å²) in [6.45, 7) is 0. The fraction of sp³-hybridized carbons (Fsp3) is 0.857. The van der Waals surface area contributed by atoms with Crippen molar-refractivity contribution in [3.8, 4) is 0 Å². The summed E-state index contributed by atoms with van der Waals surface area (Å²) in [7, 11) is -5.00. The third-order valence-corrected chi connectivity index (χ3v) is 3.26. The van der Waals surface area contributed by atoms with Crippen LogP contribution in [0.15, 0.2) is 0 Å². The summed E-state index contributed by atoms with van der Waals surface area (Å²) < 4.78 is 23.9. The van der Waals surface area contributed by atoms with Crippen molar-refractivity contribution in [3.05, 3.63) is 0 Å². The van der Waals surface area contributed by atoms with Crippen LogP contribution in [0.3, 0.4) is 0 Å². The Labute approximate surface area is 99.9 Å². The van der Waals surface area contributed by atoms with Crippen LogP contribution in [0.25, 0.3) is 0 Å². The first-order chi connectivity index (χ1) is 8.20. The van der Waals surface area contributed by atoms with E-state index in [9.17, 15) is 24.7 Å². The number of rotatable bonds is 2. The molecule has 0 spiro atoms. The van der Waals surface area contributed by atoms with E-state index in [4.69, 9.17) is 9.79 Å². The lowest BCUT2D eigenvalue weighted by Crippen LogP contribution is -2.63. The maximum atomic E-state index is 10.9. The zero-order chi connectivity index (χ0) is 13.7. The van der Waals surface area contributed by atoms with Crippen molar-refractivity contribution < 1.29 is 48.5 Å². The Morgan fingerprint density at radius 3 is 2.00 bits per heavy atom. The summed E-state index contributed by atoms with van der Waals surface area (Å²) in [6, 6.07) is 0. The second-order valence-corrected chi connectivity index (χ2v) is 5.14. The highest BCUT2D eigenvalue weighted by molar-refractivity contribution is 7.46. The van der Waals surface area contributed by atoms with Crippen LogP contribution in [0.2, 0.25) is 0 Å². The summed E-state index contributed by atoms with van der Waals surface area (Å²) in [6.07, 6.45) is -10.9. The number of hydrogen-bond acceptors (Lipinski definition) is 8. The molecule has 0 bridgehead atoms.